The van der Waals surface area contributed by atoms with E-state index in [0.717, 1.165) is 11.1 Å². The van der Waals surface area contributed by atoms with Crippen LogP contribution in [0.1, 0.15) is 24.0 Å². The van der Waals surface area contributed by atoms with Crippen LogP contribution in [-0.2, 0) is 16.1 Å². The fourth-order valence-corrected chi connectivity index (χ4v) is 2.23. The van der Waals surface area contributed by atoms with Gasteiger partial charge in [-0.2, -0.15) is 0 Å². The molecule has 0 radical (unpaired) electrons. The second-order valence-corrected chi connectivity index (χ2v) is 4.31. The Morgan fingerprint density at radius 1 is 1.39 bits per heavy atom. The third-order valence-electron chi connectivity index (χ3n) is 3.11. The zero-order chi connectivity index (χ0) is 13.1. The summed E-state index contributed by atoms with van der Waals surface area (Å²) in [6.07, 6.45) is 3.13. The van der Waals surface area contributed by atoms with Crippen molar-refractivity contribution in [1.82, 2.24) is 4.90 Å². The molecule has 4 nitrogen and oxygen atoms in total. The van der Waals surface area contributed by atoms with Crippen molar-refractivity contribution in [2.45, 2.75) is 19.4 Å². The number of carboxylic acid groups (broad SMARTS) is 1. The highest BCUT2D eigenvalue weighted by Crippen LogP contribution is 2.28. The number of benzene rings is 1. The van der Waals surface area contributed by atoms with Gasteiger partial charge in [0.05, 0.1) is 5.92 Å². The average Bonchev–Trinajstić information content (AvgIpc) is 2.37. The van der Waals surface area contributed by atoms with Crippen LogP contribution in [-0.4, -0.2) is 28.4 Å². The maximum atomic E-state index is 11.8. The fraction of sp³-hybridized carbons (Fsp3) is 0.286. The minimum absolute atomic E-state index is 0.141. The van der Waals surface area contributed by atoms with Crippen molar-refractivity contribution in [3.05, 3.63) is 47.5 Å². The molecule has 0 saturated heterocycles. The van der Waals surface area contributed by atoms with Crippen molar-refractivity contribution >= 4 is 11.9 Å². The Labute approximate surface area is 106 Å². The second kappa shape index (κ2) is 5.04. The van der Waals surface area contributed by atoms with Crippen molar-refractivity contribution in [3.8, 4) is 0 Å². The number of carbonyl (C=O) groups is 2. The highest BCUT2D eigenvalue weighted by molar-refractivity contribution is 5.89. The number of amides is 1. The summed E-state index contributed by atoms with van der Waals surface area (Å²) in [5.74, 6) is -1.66. The van der Waals surface area contributed by atoms with Gasteiger partial charge < -0.3 is 10.0 Å². The van der Waals surface area contributed by atoms with Gasteiger partial charge in [-0.15, -0.1) is 0 Å². The highest BCUT2D eigenvalue weighted by Gasteiger charge is 2.31. The molecule has 18 heavy (non-hydrogen) atoms. The van der Waals surface area contributed by atoms with Crippen LogP contribution in [0.15, 0.2) is 36.4 Å². The molecule has 1 aliphatic rings. The normalized spacial score (nSPS) is 18.7. The Morgan fingerprint density at radius 2 is 2.11 bits per heavy atom. The molecule has 1 amide bonds. The molecule has 2 rings (SSSR count). The average molecular weight is 245 g/mol. The molecule has 1 aromatic carbocycles. The molecule has 1 aliphatic heterocycles. The number of allylic oxidation sites excluding steroid dienone is 1. The summed E-state index contributed by atoms with van der Waals surface area (Å²) in [5, 5.41) is 9.26. The largest absolute Gasteiger partial charge is 0.481 e. The predicted octanol–water partition coefficient (Wildman–Crippen LogP) is 1.77. The number of hydrogen-bond donors (Lipinski definition) is 1. The van der Waals surface area contributed by atoms with Crippen LogP contribution in [0.4, 0.5) is 0 Å². The zero-order valence-corrected chi connectivity index (χ0v) is 10.2. The second-order valence-electron chi connectivity index (χ2n) is 4.31. The number of aliphatic carboxylic acids is 1. The third-order valence-corrected chi connectivity index (χ3v) is 3.11. The van der Waals surface area contributed by atoms with Crippen molar-refractivity contribution in [2.24, 2.45) is 0 Å². The highest BCUT2D eigenvalue weighted by atomic mass is 16.4. The van der Waals surface area contributed by atoms with Gasteiger partial charge >= 0.3 is 5.97 Å². The van der Waals surface area contributed by atoms with Crippen LogP contribution in [0.2, 0.25) is 0 Å². The Morgan fingerprint density at radius 3 is 2.78 bits per heavy atom. The SMILES string of the molecule is CC=CC(=O)N1Cc2ccccc2C(C(=O)O)C1. The minimum atomic E-state index is -0.888. The topological polar surface area (TPSA) is 57.6 Å². The molecule has 1 N–H and O–H groups in total. The molecule has 0 spiro atoms. The van der Waals surface area contributed by atoms with E-state index in [0.29, 0.717) is 6.54 Å². The number of fused-ring (bicyclic) bond motifs is 1. The number of rotatable bonds is 2. The van der Waals surface area contributed by atoms with Gasteiger partial charge in [0.15, 0.2) is 0 Å². The lowest BCUT2D eigenvalue weighted by Crippen LogP contribution is -2.39. The van der Waals surface area contributed by atoms with E-state index in [2.05, 4.69) is 0 Å². The van der Waals surface area contributed by atoms with Gasteiger partial charge in [-0.05, 0) is 24.1 Å². The van der Waals surface area contributed by atoms with Crippen molar-refractivity contribution in [3.63, 3.8) is 0 Å². The fourth-order valence-electron chi connectivity index (χ4n) is 2.23. The first kappa shape index (κ1) is 12.4. The lowest BCUT2D eigenvalue weighted by Gasteiger charge is -2.32. The Kier molecular flexibility index (Phi) is 3.46. The van der Waals surface area contributed by atoms with Crippen LogP contribution >= 0.6 is 0 Å². The monoisotopic (exact) mass is 245 g/mol. The van der Waals surface area contributed by atoms with Crippen LogP contribution in [0.5, 0.6) is 0 Å². The predicted molar refractivity (Wildman–Crippen MR) is 67.0 cm³/mol. The standard InChI is InChI=1S/C14H15NO3/c1-2-5-13(16)15-8-10-6-3-4-7-11(10)12(9-15)14(17)18/h2-7,12H,8-9H2,1H3,(H,17,18). The van der Waals surface area contributed by atoms with E-state index < -0.39 is 11.9 Å². The molecule has 0 bridgehead atoms. The van der Waals surface area contributed by atoms with Gasteiger partial charge in [0.25, 0.3) is 0 Å². The Hall–Kier alpha value is -2.10. The molecule has 0 aromatic heterocycles. The molecular weight excluding hydrogens is 230 g/mol. The molecule has 1 atom stereocenters. The minimum Gasteiger partial charge on any atom is -0.481 e. The van der Waals surface area contributed by atoms with E-state index in [1.54, 1.807) is 17.9 Å². The zero-order valence-electron chi connectivity index (χ0n) is 10.2. The summed E-state index contributed by atoms with van der Waals surface area (Å²) >= 11 is 0. The molecule has 0 saturated carbocycles. The Bertz CT molecular complexity index is 508. The van der Waals surface area contributed by atoms with Gasteiger partial charge in [-0.3, -0.25) is 9.59 Å². The maximum absolute atomic E-state index is 11.8. The van der Waals surface area contributed by atoms with Gasteiger partial charge in [-0.25, -0.2) is 0 Å². The van der Waals surface area contributed by atoms with E-state index >= 15 is 0 Å². The summed E-state index contributed by atoms with van der Waals surface area (Å²) in [7, 11) is 0. The summed E-state index contributed by atoms with van der Waals surface area (Å²) in [6.45, 7) is 2.48. The molecule has 94 valence electrons. The van der Waals surface area contributed by atoms with Gasteiger partial charge in [0.1, 0.15) is 0 Å². The summed E-state index contributed by atoms with van der Waals surface area (Å²) in [4.78, 5) is 24.7. The van der Waals surface area contributed by atoms with E-state index in [4.69, 9.17) is 0 Å². The smallest absolute Gasteiger partial charge is 0.312 e. The van der Waals surface area contributed by atoms with Crippen molar-refractivity contribution in [1.29, 1.82) is 0 Å². The molecular formula is C14H15NO3. The Balaban J connectivity index is 2.34. The lowest BCUT2D eigenvalue weighted by atomic mass is 9.90. The molecule has 0 fully saturated rings. The maximum Gasteiger partial charge on any atom is 0.312 e. The van der Waals surface area contributed by atoms with E-state index in [1.807, 2.05) is 24.3 Å². The molecule has 1 aromatic rings. The van der Waals surface area contributed by atoms with Gasteiger partial charge in [0, 0.05) is 13.1 Å². The summed E-state index contributed by atoms with van der Waals surface area (Å²) < 4.78 is 0. The van der Waals surface area contributed by atoms with Crippen LogP contribution in [0.3, 0.4) is 0 Å². The molecule has 1 unspecified atom stereocenters. The first-order chi connectivity index (χ1) is 8.63. The first-order valence-electron chi connectivity index (χ1n) is 5.85. The number of carbonyl (C=O) groups excluding carboxylic acids is 1. The molecule has 1 heterocycles. The first-order valence-corrected chi connectivity index (χ1v) is 5.85. The quantitative estimate of drug-likeness (QED) is 0.808. The number of nitrogens with zero attached hydrogens (tertiary/aromatic N) is 1. The lowest BCUT2D eigenvalue weighted by molar-refractivity contribution is -0.140. The third kappa shape index (κ3) is 2.27. The van der Waals surface area contributed by atoms with Crippen molar-refractivity contribution < 1.29 is 14.7 Å². The van der Waals surface area contributed by atoms with E-state index in [9.17, 15) is 14.7 Å². The van der Waals surface area contributed by atoms with Crippen LogP contribution in [0.25, 0.3) is 0 Å². The number of carboxylic acids is 1. The van der Waals surface area contributed by atoms with Gasteiger partial charge in [0.2, 0.25) is 5.91 Å². The summed E-state index contributed by atoms with van der Waals surface area (Å²) in [6, 6.07) is 7.39. The van der Waals surface area contributed by atoms with Gasteiger partial charge in [-0.1, -0.05) is 30.3 Å². The molecule has 0 aliphatic carbocycles. The van der Waals surface area contributed by atoms with E-state index in [-0.39, 0.29) is 12.5 Å². The summed E-state index contributed by atoms with van der Waals surface area (Å²) in [5.41, 5.74) is 1.73. The van der Waals surface area contributed by atoms with Crippen molar-refractivity contribution in [2.75, 3.05) is 6.54 Å². The van der Waals surface area contributed by atoms with Crippen LogP contribution in [0, 0.1) is 0 Å². The van der Waals surface area contributed by atoms with E-state index in [1.165, 1.54) is 6.08 Å². The molecule has 4 heteroatoms. The van der Waals surface area contributed by atoms with Crippen LogP contribution < -0.4 is 0 Å². The number of hydrogen-bond acceptors (Lipinski definition) is 2.